The van der Waals surface area contributed by atoms with E-state index in [0.717, 1.165) is 17.4 Å². The first kappa shape index (κ1) is 43.2. The molecule has 10 atom stereocenters. The van der Waals surface area contributed by atoms with Crippen molar-refractivity contribution >= 4 is 30.3 Å². The molecule has 2 saturated heterocycles. The van der Waals surface area contributed by atoms with Crippen molar-refractivity contribution in [1.29, 1.82) is 0 Å². The Kier molecular flexibility index (Phi) is 17.7. The van der Waals surface area contributed by atoms with Gasteiger partial charge in [-0.15, -0.1) is 0 Å². The zero-order chi connectivity index (χ0) is 37.7. The summed E-state index contributed by atoms with van der Waals surface area (Å²) in [6.45, 7) is -1.18. The Morgan fingerprint density at radius 2 is 1.65 bits per heavy atom. The van der Waals surface area contributed by atoms with E-state index in [9.17, 15) is 44.5 Å². The van der Waals surface area contributed by atoms with Gasteiger partial charge in [-0.1, -0.05) is 12.8 Å². The van der Waals surface area contributed by atoms with Crippen LogP contribution < -0.4 is 21.9 Å². The second kappa shape index (κ2) is 20.9. The van der Waals surface area contributed by atoms with Crippen LogP contribution >= 0.6 is 6.72 Å². The molecule has 2 aliphatic rings. The molecule has 1 aromatic heterocycles. The fourth-order valence-electron chi connectivity index (χ4n) is 5.68. The molecule has 2 aliphatic heterocycles. The predicted octanol–water partition coefficient (Wildman–Crippen LogP) is -1.82. The van der Waals surface area contributed by atoms with Crippen LogP contribution in [0.25, 0.3) is 0 Å². The van der Waals surface area contributed by atoms with E-state index in [1.165, 1.54) is 27.2 Å². The highest BCUT2D eigenvalue weighted by molar-refractivity contribution is 8.07. The number of unbranched alkanes of at least 4 members (excludes halogenated alkanes) is 4. The summed E-state index contributed by atoms with van der Waals surface area (Å²) in [7, 11) is 1.18. The lowest BCUT2D eigenvalue weighted by Gasteiger charge is -2.42. The number of nitrogens with one attached hydrogen (secondary N) is 3. The number of hydrogen-bond acceptors (Lipinski definition) is 15. The molecular formula is C30H51N4O15PS. The van der Waals surface area contributed by atoms with Gasteiger partial charge < -0.3 is 59.4 Å². The summed E-state index contributed by atoms with van der Waals surface area (Å²) in [5.74, 6) is -0.577. The van der Waals surface area contributed by atoms with Crippen molar-refractivity contribution in [3.63, 3.8) is 0 Å². The average molecular weight is 771 g/mol. The third-order valence-electron chi connectivity index (χ3n) is 8.41. The molecule has 3 heterocycles. The number of carbonyl (C=O) groups is 2. The van der Waals surface area contributed by atoms with Crippen LogP contribution in [-0.2, 0) is 49.4 Å². The SMILES string of the molecule is COP(O)(=S)OC1C(OCCCCCCNC(=O)CCCCO[C@@H]2O[C@H](CO)[C@H](O)[C@H](O)[C@H]2NC(C)=O)C(CO)OC1n1cc(C)c(=O)[nH]c1=O. The van der Waals surface area contributed by atoms with Gasteiger partial charge in [-0.25, -0.2) is 4.79 Å². The minimum Gasteiger partial charge on any atom is -0.394 e. The monoisotopic (exact) mass is 770 g/mol. The van der Waals surface area contributed by atoms with E-state index in [-0.39, 0.29) is 31.1 Å². The fourth-order valence-corrected chi connectivity index (χ4v) is 6.60. The summed E-state index contributed by atoms with van der Waals surface area (Å²) in [4.78, 5) is 60.9. The number of aliphatic hydroxyl groups excluding tert-OH is 4. The van der Waals surface area contributed by atoms with Crippen LogP contribution in [-0.4, -0.2) is 136 Å². The van der Waals surface area contributed by atoms with E-state index in [2.05, 4.69) is 15.6 Å². The second-order valence-corrected chi connectivity index (χ2v) is 15.2. The highest BCUT2D eigenvalue weighted by atomic mass is 32.5. The predicted molar refractivity (Wildman–Crippen MR) is 182 cm³/mol. The minimum atomic E-state index is -3.77. The molecule has 0 radical (unpaired) electrons. The van der Waals surface area contributed by atoms with E-state index >= 15 is 0 Å². The molecule has 3 rings (SSSR count). The van der Waals surface area contributed by atoms with Crippen molar-refractivity contribution in [2.45, 2.75) is 114 Å². The van der Waals surface area contributed by atoms with E-state index in [0.29, 0.717) is 32.2 Å². The lowest BCUT2D eigenvalue weighted by molar-refractivity contribution is -0.270. The van der Waals surface area contributed by atoms with Gasteiger partial charge in [0.2, 0.25) is 11.8 Å². The Bertz CT molecular complexity index is 1430. The first-order valence-corrected chi connectivity index (χ1v) is 19.4. The largest absolute Gasteiger partial charge is 0.394 e. The van der Waals surface area contributed by atoms with Gasteiger partial charge in [0.25, 0.3) is 5.56 Å². The molecule has 19 nitrogen and oxygen atoms in total. The third-order valence-corrected chi connectivity index (χ3v) is 10.1. The maximum absolute atomic E-state index is 12.6. The van der Waals surface area contributed by atoms with Crippen LogP contribution in [0.4, 0.5) is 0 Å². The summed E-state index contributed by atoms with van der Waals surface area (Å²) in [6.07, 6.45) is -3.76. The number of rotatable bonds is 21. The topological polar surface area (TPSA) is 270 Å². The normalized spacial score (nSPS) is 29.1. The molecule has 292 valence electrons. The summed E-state index contributed by atoms with van der Waals surface area (Å²) >= 11 is 5.02. The molecule has 8 N–H and O–H groups in total. The van der Waals surface area contributed by atoms with Crippen LogP contribution in [0.15, 0.2) is 15.8 Å². The van der Waals surface area contributed by atoms with Gasteiger partial charge in [0.05, 0.1) is 13.2 Å². The number of aromatic nitrogens is 2. The standard InChI is InChI=1S/C30H51N4O15PS/c1-17-14-34(30(42)33-27(17)41)28-26(49-50(43,51)44-3)25(20(16-36)47-28)45-12-8-5-4-7-11-31-21(38)10-6-9-13-46-29-22(32-18(2)37)24(40)23(39)19(15-35)48-29/h14,19-20,22-26,28-29,35-36,39-40H,4-13,15-16H2,1-3H3,(H,31,38)(H,32,37)(H,43,51)(H,33,41,42)/t19-,20?,22-,23+,24-,25?,26?,28?,29-,50?/m1/s1. The number of hydrogen-bond donors (Lipinski definition) is 8. The quantitative estimate of drug-likeness (QED) is 0.0505. The van der Waals surface area contributed by atoms with Crippen molar-refractivity contribution in [3.8, 4) is 0 Å². The third kappa shape index (κ3) is 12.7. The molecule has 0 spiro atoms. The van der Waals surface area contributed by atoms with Crippen molar-refractivity contribution in [1.82, 2.24) is 20.2 Å². The van der Waals surface area contributed by atoms with Crippen LogP contribution in [0, 0.1) is 6.92 Å². The van der Waals surface area contributed by atoms with Gasteiger partial charge in [-0.2, -0.15) is 0 Å². The van der Waals surface area contributed by atoms with E-state index in [1.54, 1.807) is 0 Å². The number of aromatic amines is 1. The van der Waals surface area contributed by atoms with Gasteiger partial charge in [-0.3, -0.25) is 28.5 Å². The minimum absolute atomic E-state index is 0.128. The number of ether oxygens (including phenoxy) is 4. The Hall–Kier alpha value is -2.17. The van der Waals surface area contributed by atoms with Crippen molar-refractivity contribution < 1.29 is 62.9 Å². The van der Waals surface area contributed by atoms with Gasteiger partial charge in [0.15, 0.2) is 12.5 Å². The molecule has 51 heavy (non-hydrogen) atoms. The van der Waals surface area contributed by atoms with Crippen molar-refractivity contribution in [2.24, 2.45) is 0 Å². The van der Waals surface area contributed by atoms with Crippen molar-refractivity contribution in [2.75, 3.05) is 40.1 Å². The molecule has 2 fully saturated rings. The van der Waals surface area contributed by atoms with Gasteiger partial charge >= 0.3 is 12.4 Å². The summed E-state index contributed by atoms with van der Waals surface area (Å²) in [6, 6.07) is -1.02. The maximum atomic E-state index is 12.6. The Morgan fingerprint density at radius 3 is 2.31 bits per heavy atom. The average Bonchev–Trinajstić information content (AvgIpc) is 3.42. The smallest absolute Gasteiger partial charge is 0.330 e. The van der Waals surface area contributed by atoms with Crippen LogP contribution in [0.1, 0.15) is 63.7 Å². The molecule has 2 amide bonds. The van der Waals surface area contributed by atoms with Crippen LogP contribution in [0.3, 0.4) is 0 Å². The van der Waals surface area contributed by atoms with E-state index < -0.39 is 92.3 Å². The maximum Gasteiger partial charge on any atom is 0.330 e. The Balaban J connectivity index is 1.35. The number of H-pyrrole nitrogens is 1. The van der Waals surface area contributed by atoms with Gasteiger partial charge in [0, 0.05) is 52.0 Å². The Morgan fingerprint density at radius 1 is 0.980 bits per heavy atom. The molecule has 5 unspecified atom stereocenters. The number of amides is 2. The number of aliphatic hydroxyl groups is 4. The molecule has 0 aliphatic carbocycles. The lowest BCUT2D eigenvalue weighted by atomic mass is 9.97. The lowest BCUT2D eigenvalue weighted by Crippen LogP contribution is -2.64. The molecule has 1 aromatic rings. The molecule has 0 aromatic carbocycles. The van der Waals surface area contributed by atoms with Crippen LogP contribution in [0.2, 0.25) is 0 Å². The summed E-state index contributed by atoms with van der Waals surface area (Å²) in [5, 5.41) is 45.2. The van der Waals surface area contributed by atoms with Crippen LogP contribution in [0.5, 0.6) is 0 Å². The zero-order valence-electron chi connectivity index (χ0n) is 28.9. The first-order valence-electron chi connectivity index (χ1n) is 16.8. The zero-order valence-corrected chi connectivity index (χ0v) is 30.6. The summed E-state index contributed by atoms with van der Waals surface area (Å²) in [5.41, 5.74) is -1.13. The van der Waals surface area contributed by atoms with Crippen molar-refractivity contribution in [3.05, 3.63) is 32.6 Å². The summed E-state index contributed by atoms with van der Waals surface area (Å²) < 4.78 is 34.7. The van der Waals surface area contributed by atoms with E-state index in [1.807, 2.05) is 0 Å². The fraction of sp³-hybridized carbons (Fsp3) is 0.800. The molecule has 0 saturated carbocycles. The molecule has 21 heteroatoms. The van der Waals surface area contributed by atoms with Gasteiger partial charge in [0.1, 0.15) is 42.7 Å². The number of carbonyl (C=O) groups excluding carboxylic acids is 2. The number of nitrogens with zero attached hydrogens (tertiary/aromatic N) is 1. The first-order chi connectivity index (χ1) is 24.2. The molecular weight excluding hydrogens is 719 g/mol. The van der Waals surface area contributed by atoms with Gasteiger partial charge in [-0.05, 0) is 44.4 Å². The number of aryl methyl sites for hydroxylation is 1. The highest BCUT2D eigenvalue weighted by Gasteiger charge is 2.50. The second-order valence-electron chi connectivity index (χ2n) is 12.3. The highest BCUT2D eigenvalue weighted by Crippen LogP contribution is 2.49. The molecule has 0 bridgehead atoms. The van der Waals surface area contributed by atoms with E-state index in [4.69, 9.17) is 39.8 Å². The Labute approximate surface area is 299 Å².